The van der Waals surface area contributed by atoms with Gasteiger partial charge >= 0.3 is 6.01 Å². The highest BCUT2D eigenvalue weighted by molar-refractivity contribution is 5.83. The van der Waals surface area contributed by atoms with Gasteiger partial charge in [-0.3, -0.25) is 9.78 Å². The first-order chi connectivity index (χ1) is 20.4. The molecule has 10 heteroatoms. The van der Waals surface area contributed by atoms with Crippen molar-refractivity contribution < 1.29 is 9.53 Å². The fraction of sp³-hybridized carbons (Fsp3) is 0.576. The molecule has 0 spiro atoms. The summed E-state index contributed by atoms with van der Waals surface area (Å²) < 4.78 is 5.07. The van der Waals surface area contributed by atoms with Gasteiger partial charge in [-0.2, -0.15) is 4.98 Å². The smallest absolute Gasteiger partial charge is 0.316 e. The predicted octanol–water partition coefficient (Wildman–Crippen LogP) is 5.98. The number of nitrogens with zero attached hydrogens (tertiary/aromatic N) is 5. The molecule has 1 aliphatic rings. The maximum Gasteiger partial charge on any atom is 0.316 e. The van der Waals surface area contributed by atoms with E-state index in [0.29, 0.717) is 24.4 Å². The lowest BCUT2D eigenvalue weighted by atomic mass is 9.76. The third kappa shape index (κ3) is 8.61. The first kappa shape index (κ1) is 32.1. The summed E-state index contributed by atoms with van der Waals surface area (Å²) in [5.74, 6) is 1.82. The summed E-state index contributed by atoms with van der Waals surface area (Å²) in [4.78, 5) is 36.3. The summed E-state index contributed by atoms with van der Waals surface area (Å²) >= 11 is 0. The van der Waals surface area contributed by atoms with Crippen LogP contribution in [0.15, 0.2) is 36.9 Å². The Morgan fingerprint density at radius 1 is 0.930 bits per heavy atom. The van der Waals surface area contributed by atoms with Crippen molar-refractivity contribution in [2.24, 2.45) is 11.8 Å². The summed E-state index contributed by atoms with van der Waals surface area (Å²) in [7, 11) is 1.54. The molecule has 1 atom stereocenters. The second-order valence-corrected chi connectivity index (χ2v) is 13.3. The zero-order valence-corrected chi connectivity index (χ0v) is 26.9. The van der Waals surface area contributed by atoms with Gasteiger partial charge < -0.3 is 20.7 Å². The topological polar surface area (TPSA) is 127 Å². The van der Waals surface area contributed by atoms with E-state index < -0.39 is 0 Å². The number of anilines is 2. The lowest BCUT2D eigenvalue weighted by Gasteiger charge is -2.33. The number of amides is 1. The zero-order valence-electron chi connectivity index (χ0n) is 26.9. The number of nitrogens with one attached hydrogen (secondary N) is 3. The molecular formula is C33H48N8O2. The number of aromatic nitrogens is 5. The Kier molecular flexibility index (Phi) is 10.5. The molecule has 43 heavy (non-hydrogen) atoms. The molecule has 1 amide bonds. The summed E-state index contributed by atoms with van der Waals surface area (Å²) in [5, 5.41) is 10.2. The lowest BCUT2D eigenvalue weighted by Crippen LogP contribution is -2.38. The van der Waals surface area contributed by atoms with Gasteiger partial charge in [-0.15, -0.1) is 0 Å². The van der Waals surface area contributed by atoms with Crippen LogP contribution in [0.2, 0.25) is 0 Å². The third-order valence-corrected chi connectivity index (χ3v) is 7.81. The largest absolute Gasteiger partial charge is 0.467 e. The van der Waals surface area contributed by atoms with Crippen LogP contribution in [0.4, 0.5) is 11.8 Å². The van der Waals surface area contributed by atoms with Crippen molar-refractivity contribution in [3.8, 4) is 17.1 Å². The molecule has 3 N–H and O–H groups in total. The van der Waals surface area contributed by atoms with Gasteiger partial charge in [0, 0.05) is 60.1 Å². The van der Waals surface area contributed by atoms with Crippen molar-refractivity contribution in [2.75, 3.05) is 24.3 Å². The molecule has 1 aliphatic carbocycles. The number of methoxy groups -OCH3 is 1. The monoisotopic (exact) mass is 588 g/mol. The fourth-order valence-corrected chi connectivity index (χ4v) is 5.50. The van der Waals surface area contributed by atoms with Crippen molar-refractivity contribution in [3.05, 3.63) is 48.2 Å². The van der Waals surface area contributed by atoms with E-state index in [9.17, 15) is 4.79 Å². The molecule has 0 saturated heterocycles. The lowest BCUT2D eigenvalue weighted by molar-refractivity contribution is -0.124. The first-order valence-corrected chi connectivity index (χ1v) is 15.4. The number of carbonyl (C=O) groups is 1. The van der Waals surface area contributed by atoms with Crippen molar-refractivity contribution in [1.82, 2.24) is 30.2 Å². The van der Waals surface area contributed by atoms with Crippen LogP contribution in [0.3, 0.4) is 0 Å². The molecule has 232 valence electrons. The highest BCUT2D eigenvalue weighted by atomic mass is 16.5. The zero-order chi connectivity index (χ0) is 31.1. The highest BCUT2D eigenvalue weighted by Crippen LogP contribution is 2.37. The molecule has 0 bridgehead atoms. The SMILES string of the molecule is COc1ncc(-c2ccc(C(C(=O)NCC(C)C)C3CCC(Nc4ncc(C(C)(C)C)c(NC(C)C)n4)CC3)nc2)cn1. The maximum absolute atomic E-state index is 13.6. The molecule has 1 unspecified atom stereocenters. The van der Waals surface area contributed by atoms with Gasteiger partial charge in [0.15, 0.2) is 0 Å². The van der Waals surface area contributed by atoms with Crippen LogP contribution in [0.1, 0.15) is 91.3 Å². The normalized spacial score (nSPS) is 17.9. The molecule has 3 aromatic rings. The quantitative estimate of drug-likeness (QED) is 0.248. The summed E-state index contributed by atoms with van der Waals surface area (Å²) in [5.41, 5.74) is 3.57. The molecule has 3 heterocycles. The summed E-state index contributed by atoms with van der Waals surface area (Å²) in [6.45, 7) is 15.6. The van der Waals surface area contributed by atoms with E-state index in [1.165, 1.54) is 0 Å². The van der Waals surface area contributed by atoms with Gasteiger partial charge in [-0.25, -0.2) is 15.0 Å². The average Bonchev–Trinajstić information content (AvgIpc) is 2.97. The number of hydrogen-bond donors (Lipinski definition) is 3. The average molecular weight is 589 g/mol. The molecule has 4 rings (SSSR count). The van der Waals surface area contributed by atoms with Gasteiger partial charge in [0.1, 0.15) is 5.82 Å². The van der Waals surface area contributed by atoms with E-state index in [-0.39, 0.29) is 35.2 Å². The van der Waals surface area contributed by atoms with Crippen molar-refractivity contribution in [2.45, 2.75) is 97.6 Å². The molecule has 0 aliphatic heterocycles. The Morgan fingerprint density at radius 2 is 1.60 bits per heavy atom. The minimum atomic E-state index is -0.315. The van der Waals surface area contributed by atoms with E-state index in [2.05, 4.69) is 79.4 Å². The predicted molar refractivity (Wildman–Crippen MR) is 171 cm³/mol. The van der Waals surface area contributed by atoms with E-state index in [1.54, 1.807) is 25.7 Å². The highest BCUT2D eigenvalue weighted by Gasteiger charge is 2.34. The summed E-state index contributed by atoms with van der Waals surface area (Å²) in [6, 6.07) is 4.79. The van der Waals surface area contributed by atoms with Gasteiger partial charge in [0.2, 0.25) is 11.9 Å². The first-order valence-electron chi connectivity index (χ1n) is 15.4. The minimum absolute atomic E-state index is 0.0450. The van der Waals surface area contributed by atoms with Crippen LogP contribution in [-0.4, -0.2) is 56.6 Å². The van der Waals surface area contributed by atoms with Gasteiger partial charge in [-0.05, 0) is 62.8 Å². The number of ether oxygens (including phenoxy) is 1. The van der Waals surface area contributed by atoms with Crippen LogP contribution in [0.25, 0.3) is 11.1 Å². The van der Waals surface area contributed by atoms with Crippen LogP contribution in [-0.2, 0) is 10.2 Å². The Bertz CT molecular complexity index is 1330. The minimum Gasteiger partial charge on any atom is -0.467 e. The molecule has 0 radical (unpaired) electrons. The third-order valence-electron chi connectivity index (χ3n) is 7.81. The van der Waals surface area contributed by atoms with Gasteiger partial charge in [0.05, 0.1) is 18.7 Å². The van der Waals surface area contributed by atoms with Gasteiger partial charge in [0.25, 0.3) is 0 Å². The van der Waals surface area contributed by atoms with Crippen LogP contribution in [0.5, 0.6) is 6.01 Å². The van der Waals surface area contributed by atoms with Crippen molar-refractivity contribution >= 4 is 17.7 Å². The van der Waals surface area contributed by atoms with E-state index >= 15 is 0 Å². The second kappa shape index (κ2) is 14.1. The number of pyridine rings is 1. The van der Waals surface area contributed by atoms with Crippen LogP contribution in [0, 0.1) is 11.8 Å². The van der Waals surface area contributed by atoms with Crippen molar-refractivity contribution in [3.63, 3.8) is 0 Å². The van der Waals surface area contributed by atoms with E-state index in [1.807, 2.05) is 18.3 Å². The number of rotatable bonds is 11. The van der Waals surface area contributed by atoms with E-state index in [4.69, 9.17) is 14.7 Å². The van der Waals surface area contributed by atoms with E-state index in [0.717, 1.165) is 53.9 Å². The van der Waals surface area contributed by atoms with Crippen molar-refractivity contribution in [1.29, 1.82) is 0 Å². The molecule has 1 saturated carbocycles. The van der Waals surface area contributed by atoms with Gasteiger partial charge in [-0.1, -0.05) is 40.7 Å². The second-order valence-electron chi connectivity index (χ2n) is 13.3. The Hall–Kier alpha value is -3.82. The summed E-state index contributed by atoms with van der Waals surface area (Å²) in [6.07, 6.45) is 10.8. The van der Waals surface area contributed by atoms with Crippen LogP contribution < -0.4 is 20.7 Å². The number of carbonyl (C=O) groups excluding carboxylic acids is 1. The molecule has 3 aromatic heterocycles. The Labute approximate surface area is 256 Å². The maximum atomic E-state index is 13.6. The molecule has 0 aromatic carbocycles. The molecular weight excluding hydrogens is 540 g/mol. The molecule has 1 fully saturated rings. The Morgan fingerprint density at radius 3 is 2.16 bits per heavy atom. The number of hydrogen-bond acceptors (Lipinski definition) is 9. The standard InChI is InChI=1S/C33H48N8O2/c1-20(2)15-35-30(42)28(27-14-11-23(16-34-27)24-17-37-32(43-8)38-18-24)22-9-12-25(13-10-22)40-31-36-19-26(33(5,6)7)29(41-31)39-21(3)4/h11,14,16-22,25,28H,9-10,12-13,15H2,1-8H3,(H,35,42)(H2,36,39,40,41). The Balaban J connectivity index is 1.47. The fourth-order valence-electron chi connectivity index (χ4n) is 5.50. The van der Waals surface area contributed by atoms with Crippen LogP contribution >= 0.6 is 0 Å². The molecule has 10 nitrogen and oxygen atoms in total.